The van der Waals surface area contributed by atoms with Gasteiger partial charge in [0, 0.05) is 24.1 Å². The standard InChI is InChI=1S/C16H24N2O5S/c1-16(2,3)18-24(22,23)13-8-6-7-12(11-13)17-14(19)9-4-5-10-15(20)21/h6-8,11,18H,4-5,9-10H2,1-3H3,(H,17,19)(H,20,21). The second-order valence-corrected chi connectivity index (χ2v) is 8.21. The summed E-state index contributed by atoms with van der Waals surface area (Å²) >= 11 is 0. The van der Waals surface area contributed by atoms with Gasteiger partial charge in [0.05, 0.1) is 4.90 Å². The maximum Gasteiger partial charge on any atom is 0.303 e. The summed E-state index contributed by atoms with van der Waals surface area (Å²) in [4.78, 5) is 22.3. The molecule has 0 aliphatic carbocycles. The zero-order valence-corrected chi connectivity index (χ0v) is 14.9. The summed E-state index contributed by atoms with van der Waals surface area (Å²) in [5.74, 6) is -1.17. The summed E-state index contributed by atoms with van der Waals surface area (Å²) in [5, 5.41) is 11.2. The van der Waals surface area contributed by atoms with Gasteiger partial charge in [-0.3, -0.25) is 9.59 Å². The number of amides is 1. The van der Waals surface area contributed by atoms with Crippen LogP contribution < -0.4 is 10.0 Å². The summed E-state index contributed by atoms with van der Waals surface area (Å²) < 4.78 is 27.1. The van der Waals surface area contributed by atoms with Gasteiger partial charge in [0.1, 0.15) is 0 Å². The largest absolute Gasteiger partial charge is 0.481 e. The molecule has 0 aliphatic heterocycles. The van der Waals surface area contributed by atoms with E-state index in [-0.39, 0.29) is 23.6 Å². The Morgan fingerprint density at radius 1 is 1.12 bits per heavy atom. The molecule has 1 amide bonds. The summed E-state index contributed by atoms with van der Waals surface area (Å²) in [5.41, 5.74) is -0.225. The van der Waals surface area contributed by atoms with Crippen molar-refractivity contribution in [1.82, 2.24) is 4.72 Å². The molecule has 24 heavy (non-hydrogen) atoms. The molecule has 0 heterocycles. The molecule has 0 spiro atoms. The number of rotatable bonds is 8. The van der Waals surface area contributed by atoms with Crippen LogP contribution in [-0.4, -0.2) is 30.9 Å². The van der Waals surface area contributed by atoms with Crippen molar-refractivity contribution in [3.05, 3.63) is 24.3 Å². The van der Waals surface area contributed by atoms with Crippen LogP contribution >= 0.6 is 0 Å². The van der Waals surface area contributed by atoms with Crippen molar-refractivity contribution >= 4 is 27.6 Å². The molecule has 0 atom stereocenters. The first-order valence-electron chi connectivity index (χ1n) is 7.65. The Labute approximate surface area is 142 Å². The van der Waals surface area contributed by atoms with E-state index in [4.69, 9.17) is 5.11 Å². The van der Waals surface area contributed by atoms with E-state index in [2.05, 4.69) is 10.0 Å². The molecular weight excluding hydrogens is 332 g/mol. The predicted molar refractivity (Wildman–Crippen MR) is 91.3 cm³/mol. The first-order chi connectivity index (χ1) is 11.0. The number of nitrogens with one attached hydrogen (secondary N) is 2. The van der Waals surface area contributed by atoms with Crippen molar-refractivity contribution in [3.8, 4) is 0 Å². The Kier molecular flexibility index (Phi) is 6.92. The third kappa shape index (κ3) is 7.56. The van der Waals surface area contributed by atoms with E-state index in [1.54, 1.807) is 32.9 Å². The van der Waals surface area contributed by atoms with E-state index in [0.29, 0.717) is 18.5 Å². The lowest BCUT2D eigenvalue weighted by atomic mass is 10.1. The van der Waals surface area contributed by atoms with Crippen molar-refractivity contribution in [2.24, 2.45) is 0 Å². The average molecular weight is 356 g/mol. The number of carbonyl (C=O) groups is 2. The summed E-state index contributed by atoms with van der Waals surface area (Å²) in [7, 11) is -3.67. The summed E-state index contributed by atoms with van der Waals surface area (Å²) in [6, 6.07) is 6.00. The van der Waals surface area contributed by atoms with Crippen LogP contribution in [0.3, 0.4) is 0 Å². The molecule has 0 saturated heterocycles. The average Bonchev–Trinajstić information content (AvgIpc) is 2.41. The molecule has 1 aromatic rings. The number of carbonyl (C=O) groups excluding carboxylic acids is 1. The Balaban J connectivity index is 2.68. The smallest absolute Gasteiger partial charge is 0.303 e. The third-order valence-electron chi connectivity index (χ3n) is 2.91. The topological polar surface area (TPSA) is 113 Å². The van der Waals surface area contributed by atoms with Crippen molar-refractivity contribution in [3.63, 3.8) is 0 Å². The van der Waals surface area contributed by atoms with E-state index in [1.165, 1.54) is 12.1 Å². The normalized spacial score (nSPS) is 12.0. The number of carboxylic acid groups (broad SMARTS) is 1. The third-order valence-corrected chi connectivity index (χ3v) is 4.67. The molecule has 0 fully saturated rings. The van der Waals surface area contributed by atoms with Gasteiger partial charge in [-0.05, 0) is 51.8 Å². The molecule has 0 aromatic heterocycles. The minimum absolute atomic E-state index is 0.0273. The van der Waals surface area contributed by atoms with Gasteiger partial charge in [-0.15, -0.1) is 0 Å². The quantitative estimate of drug-likeness (QED) is 0.619. The van der Waals surface area contributed by atoms with Crippen LogP contribution in [0.4, 0.5) is 5.69 Å². The zero-order chi connectivity index (χ0) is 18.4. The first kappa shape index (κ1) is 20.1. The minimum atomic E-state index is -3.67. The molecule has 1 aromatic carbocycles. The highest BCUT2D eigenvalue weighted by Crippen LogP contribution is 2.18. The van der Waals surface area contributed by atoms with Gasteiger partial charge in [0.2, 0.25) is 15.9 Å². The fourth-order valence-electron chi connectivity index (χ4n) is 1.99. The second kappa shape index (κ2) is 8.25. The van der Waals surface area contributed by atoms with Crippen molar-refractivity contribution in [1.29, 1.82) is 0 Å². The number of sulfonamides is 1. The van der Waals surface area contributed by atoms with Gasteiger partial charge >= 0.3 is 5.97 Å². The lowest BCUT2D eigenvalue weighted by Crippen LogP contribution is -2.40. The van der Waals surface area contributed by atoms with Crippen molar-refractivity contribution in [2.45, 2.75) is 56.9 Å². The van der Waals surface area contributed by atoms with Crippen LogP contribution in [0.5, 0.6) is 0 Å². The highest BCUT2D eigenvalue weighted by molar-refractivity contribution is 7.89. The maximum absolute atomic E-state index is 12.3. The number of carboxylic acids is 1. The second-order valence-electron chi connectivity index (χ2n) is 6.53. The molecule has 1 rings (SSSR count). The summed E-state index contributed by atoms with van der Waals surface area (Å²) in [6.45, 7) is 5.23. The molecule has 7 nitrogen and oxygen atoms in total. The molecule has 3 N–H and O–H groups in total. The summed E-state index contributed by atoms with van der Waals surface area (Å²) in [6.07, 6.45) is 1.10. The Morgan fingerprint density at radius 3 is 2.33 bits per heavy atom. The fourth-order valence-corrected chi connectivity index (χ4v) is 3.45. The highest BCUT2D eigenvalue weighted by atomic mass is 32.2. The van der Waals surface area contributed by atoms with Crippen LogP contribution in [0.25, 0.3) is 0 Å². The molecule has 0 saturated carbocycles. The number of unbranched alkanes of at least 4 members (excludes halogenated alkanes) is 1. The maximum atomic E-state index is 12.3. The molecule has 0 unspecified atom stereocenters. The predicted octanol–water partition coefficient (Wildman–Crippen LogP) is 2.35. The molecule has 0 radical (unpaired) electrons. The van der Waals surface area contributed by atoms with Crippen molar-refractivity contribution < 1.29 is 23.1 Å². The number of anilines is 1. The molecule has 134 valence electrons. The fraction of sp³-hybridized carbons (Fsp3) is 0.500. The van der Waals surface area contributed by atoms with Gasteiger partial charge in [0.25, 0.3) is 0 Å². The Bertz CT molecular complexity index is 693. The lowest BCUT2D eigenvalue weighted by molar-refractivity contribution is -0.137. The number of benzene rings is 1. The van der Waals surface area contributed by atoms with E-state index in [9.17, 15) is 18.0 Å². The lowest BCUT2D eigenvalue weighted by Gasteiger charge is -2.20. The number of hydrogen-bond donors (Lipinski definition) is 3. The van der Waals surface area contributed by atoms with Crippen LogP contribution in [-0.2, 0) is 19.6 Å². The van der Waals surface area contributed by atoms with E-state index in [0.717, 1.165) is 0 Å². The van der Waals surface area contributed by atoms with E-state index in [1.807, 2.05) is 0 Å². The van der Waals surface area contributed by atoms with Crippen LogP contribution in [0.2, 0.25) is 0 Å². The van der Waals surface area contributed by atoms with Crippen LogP contribution in [0.15, 0.2) is 29.2 Å². The SMILES string of the molecule is CC(C)(C)NS(=O)(=O)c1cccc(NC(=O)CCCCC(=O)O)c1. The van der Waals surface area contributed by atoms with Crippen LogP contribution in [0.1, 0.15) is 46.5 Å². The van der Waals surface area contributed by atoms with Gasteiger partial charge in [-0.1, -0.05) is 6.07 Å². The van der Waals surface area contributed by atoms with Crippen molar-refractivity contribution in [2.75, 3.05) is 5.32 Å². The number of aliphatic carboxylic acids is 1. The zero-order valence-electron chi connectivity index (χ0n) is 14.1. The van der Waals surface area contributed by atoms with E-state index >= 15 is 0 Å². The monoisotopic (exact) mass is 356 g/mol. The van der Waals surface area contributed by atoms with Crippen LogP contribution in [0, 0.1) is 0 Å². The highest BCUT2D eigenvalue weighted by Gasteiger charge is 2.22. The van der Waals surface area contributed by atoms with Gasteiger partial charge in [-0.2, -0.15) is 0 Å². The Hall–Kier alpha value is -1.93. The van der Waals surface area contributed by atoms with E-state index < -0.39 is 21.5 Å². The Morgan fingerprint density at radius 2 is 1.75 bits per heavy atom. The van der Waals surface area contributed by atoms with Gasteiger partial charge in [-0.25, -0.2) is 13.1 Å². The van der Waals surface area contributed by atoms with Gasteiger partial charge < -0.3 is 10.4 Å². The minimum Gasteiger partial charge on any atom is -0.481 e. The van der Waals surface area contributed by atoms with Gasteiger partial charge in [0.15, 0.2) is 0 Å². The first-order valence-corrected chi connectivity index (χ1v) is 9.14. The molecule has 0 bridgehead atoms. The number of hydrogen-bond acceptors (Lipinski definition) is 4. The molecule has 0 aliphatic rings. The molecular formula is C16H24N2O5S. The molecule has 8 heteroatoms.